The summed E-state index contributed by atoms with van der Waals surface area (Å²) in [5, 5.41) is 4.71. The van der Waals surface area contributed by atoms with Gasteiger partial charge in [0.25, 0.3) is 0 Å². The highest BCUT2D eigenvalue weighted by Crippen LogP contribution is 2.44. The first-order valence-electron chi connectivity index (χ1n) is 5.65. The molecule has 0 aromatic heterocycles. The Kier molecular flexibility index (Phi) is 2.54. The van der Waals surface area contributed by atoms with Crippen LogP contribution in [-0.2, 0) is 6.42 Å². The molecule has 3 rings (SSSR count). The first kappa shape index (κ1) is 10.7. The van der Waals surface area contributed by atoms with Gasteiger partial charge in [-0.3, -0.25) is 0 Å². The average molecular weight is 257 g/mol. The van der Waals surface area contributed by atoms with E-state index in [1.807, 2.05) is 6.07 Å². The fourth-order valence-electron chi connectivity index (χ4n) is 3.01. The number of rotatable bonds is 0. The molecule has 4 heteroatoms. The Balaban J connectivity index is 2.16. The van der Waals surface area contributed by atoms with Crippen LogP contribution in [0.4, 0.5) is 5.69 Å². The number of fused-ring (bicyclic) bond motifs is 3. The van der Waals surface area contributed by atoms with E-state index < -0.39 is 0 Å². The summed E-state index contributed by atoms with van der Waals surface area (Å²) in [6.07, 6.45) is 2.23. The minimum Gasteiger partial charge on any atom is -0.396 e. The van der Waals surface area contributed by atoms with Crippen LogP contribution in [0.3, 0.4) is 0 Å². The summed E-state index contributed by atoms with van der Waals surface area (Å²) in [5.74, 6) is 1.31. The van der Waals surface area contributed by atoms with E-state index in [-0.39, 0.29) is 0 Å². The zero-order chi connectivity index (χ0) is 11.3. The maximum absolute atomic E-state index is 6.28. The Bertz CT molecular complexity index is 445. The van der Waals surface area contributed by atoms with Gasteiger partial charge in [0.1, 0.15) is 0 Å². The first-order chi connectivity index (χ1) is 7.68. The molecule has 1 aliphatic carbocycles. The van der Waals surface area contributed by atoms with Crippen molar-refractivity contribution in [3.63, 3.8) is 0 Å². The van der Waals surface area contributed by atoms with Gasteiger partial charge in [-0.25, -0.2) is 0 Å². The standard InChI is InChI=1S/C12H14Cl2N2/c13-10-3-8-7(11(14)12(10)15)2-1-6-4-16-5-9(6)8/h3,6,9,16H,1-2,4-5,15H2. The van der Waals surface area contributed by atoms with Gasteiger partial charge in [0, 0.05) is 12.5 Å². The molecular formula is C12H14Cl2N2. The van der Waals surface area contributed by atoms with Crippen LogP contribution in [0.15, 0.2) is 6.07 Å². The number of nitrogens with one attached hydrogen (secondary N) is 1. The Morgan fingerprint density at radius 2 is 2.12 bits per heavy atom. The van der Waals surface area contributed by atoms with Gasteiger partial charge < -0.3 is 11.1 Å². The molecular weight excluding hydrogens is 243 g/mol. The molecule has 0 radical (unpaired) electrons. The monoisotopic (exact) mass is 256 g/mol. The smallest absolute Gasteiger partial charge is 0.0695 e. The molecule has 2 unspecified atom stereocenters. The Morgan fingerprint density at radius 1 is 1.31 bits per heavy atom. The number of hydrogen-bond donors (Lipinski definition) is 2. The molecule has 2 nitrogen and oxygen atoms in total. The minimum absolute atomic E-state index is 0.534. The van der Waals surface area contributed by atoms with Crippen molar-refractivity contribution in [2.75, 3.05) is 18.8 Å². The van der Waals surface area contributed by atoms with Crippen molar-refractivity contribution in [2.24, 2.45) is 5.92 Å². The van der Waals surface area contributed by atoms with E-state index in [0.717, 1.165) is 25.4 Å². The molecule has 0 amide bonds. The predicted molar refractivity (Wildman–Crippen MR) is 68.3 cm³/mol. The summed E-state index contributed by atoms with van der Waals surface area (Å²) in [7, 11) is 0. The highest BCUT2D eigenvalue weighted by atomic mass is 35.5. The van der Waals surface area contributed by atoms with Gasteiger partial charge in [-0.2, -0.15) is 0 Å². The van der Waals surface area contributed by atoms with Crippen molar-refractivity contribution in [1.82, 2.24) is 5.32 Å². The molecule has 0 spiro atoms. The molecule has 1 fully saturated rings. The SMILES string of the molecule is Nc1c(Cl)cc2c(c1Cl)CCC1CNCC21. The Labute approximate surface area is 105 Å². The summed E-state index contributed by atoms with van der Waals surface area (Å²) < 4.78 is 0. The van der Waals surface area contributed by atoms with E-state index in [0.29, 0.717) is 21.7 Å². The molecule has 2 aliphatic rings. The molecule has 1 saturated heterocycles. The van der Waals surface area contributed by atoms with Crippen LogP contribution < -0.4 is 11.1 Å². The van der Waals surface area contributed by atoms with Crippen molar-refractivity contribution >= 4 is 28.9 Å². The molecule has 3 N–H and O–H groups in total. The van der Waals surface area contributed by atoms with Crippen molar-refractivity contribution in [2.45, 2.75) is 18.8 Å². The predicted octanol–water partition coefficient (Wildman–Crippen LogP) is 2.82. The van der Waals surface area contributed by atoms with Gasteiger partial charge in [0.2, 0.25) is 0 Å². The second-order valence-electron chi connectivity index (χ2n) is 4.72. The zero-order valence-electron chi connectivity index (χ0n) is 8.89. The molecule has 0 bridgehead atoms. The van der Waals surface area contributed by atoms with E-state index in [1.54, 1.807) is 0 Å². The summed E-state index contributed by atoms with van der Waals surface area (Å²) >= 11 is 12.4. The summed E-state index contributed by atoms with van der Waals surface area (Å²) in [4.78, 5) is 0. The van der Waals surface area contributed by atoms with Crippen LogP contribution in [0.2, 0.25) is 10.0 Å². The summed E-state index contributed by atoms with van der Waals surface area (Å²) in [6.45, 7) is 2.15. The van der Waals surface area contributed by atoms with Gasteiger partial charge in [-0.15, -0.1) is 0 Å². The Morgan fingerprint density at radius 3 is 2.94 bits per heavy atom. The number of halogens is 2. The van der Waals surface area contributed by atoms with E-state index >= 15 is 0 Å². The minimum atomic E-state index is 0.534. The van der Waals surface area contributed by atoms with Crippen molar-refractivity contribution in [1.29, 1.82) is 0 Å². The fraction of sp³-hybridized carbons (Fsp3) is 0.500. The topological polar surface area (TPSA) is 38.0 Å². The molecule has 16 heavy (non-hydrogen) atoms. The fourth-order valence-corrected chi connectivity index (χ4v) is 3.58. The summed E-state index contributed by atoms with van der Waals surface area (Å²) in [5.41, 5.74) is 8.92. The van der Waals surface area contributed by atoms with E-state index in [2.05, 4.69) is 5.32 Å². The van der Waals surface area contributed by atoms with Gasteiger partial charge in [0.15, 0.2) is 0 Å². The Hall–Kier alpha value is -0.440. The summed E-state index contributed by atoms with van der Waals surface area (Å²) in [6, 6.07) is 2.02. The van der Waals surface area contributed by atoms with Crippen LogP contribution in [-0.4, -0.2) is 13.1 Å². The third-order valence-corrected chi connectivity index (χ3v) is 4.64. The van der Waals surface area contributed by atoms with Gasteiger partial charge in [0.05, 0.1) is 15.7 Å². The molecule has 1 heterocycles. The third kappa shape index (κ3) is 1.44. The number of benzene rings is 1. The van der Waals surface area contributed by atoms with E-state index in [4.69, 9.17) is 28.9 Å². The second-order valence-corrected chi connectivity index (χ2v) is 5.50. The molecule has 2 atom stereocenters. The lowest BCUT2D eigenvalue weighted by atomic mass is 9.77. The maximum atomic E-state index is 6.28. The molecule has 86 valence electrons. The maximum Gasteiger partial charge on any atom is 0.0695 e. The average Bonchev–Trinajstić information content (AvgIpc) is 2.74. The van der Waals surface area contributed by atoms with Crippen molar-refractivity contribution < 1.29 is 0 Å². The molecule has 1 aromatic carbocycles. The largest absolute Gasteiger partial charge is 0.396 e. The second kappa shape index (κ2) is 3.80. The van der Waals surface area contributed by atoms with Gasteiger partial charge in [-0.1, -0.05) is 23.2 Å². The first-order valence-corrected chi connectivity index (χ1v) is 6.41. The molecule has 0 saturated carbocycles. The molecule has 1 aromatic rings. The van der Waals surface area contributed by atoms with Crippen LogP contribution in [0.5, 0.6) is 0 Å². The van der Waals surface area contributed by atoms with Crippen LogP contribution >= 0.6 is 23.2 Å². The number of nitrogen functional groups attached to an aromatic ring is 1. The molecule has 1 aliphatic heterocycles. The van der Waals surface area contributed by atoms with E-state index in [9.17, 15) is 0 Å². The van der Waals surface area contributed by atoms with Crippen molar-refractivity contribution in [3.05, 3.63) is 27.2 Å². The normalized spacial score (nSPS) is 27.6. The van der Waals surface area contributed by atoms with Crippen LogP contribution in [0.25, 0.3) is 0 Å². The van der Waals surface area contributed by atoms with Gasteiger partial charge >= 0.3 is 0 Å². The lowest BCUT2D eigenvalue weighted by Crippen LogP contribution is -2.19. The lowest BCUT2D eigenvalue weighted by Gasteiger charge is -2.29. The highest BCUT2D eigenvalue weighted by molar-refractivity contribution is 6.39. The van der Waals surface area contributed by atoms with Crippen LogP contribution in [0, 0.1) is 5.92 Å². The number of anilines is 1. The van der Waals surface area contributed by atoms with Crippen LogP contribution in [0.1, 0.15) is 23.5 Å². The zero-order valence-corrected chi connectivity index (χ0v) is 10.4. The highest BCUT2D eigenvalue weighted by Gasteiger charge is 2.34. The van der Waals surface area contributed by atoms with Crippen molar-refractivity contribution in [3.8, 4) is 0 Å². The number of hydrogen-bond acceptors (Lipinski definition) is 2. The quantitative estimate of drug-likeness (QED) is 0.701. The van der Waals surface area contributed by atoms with E-state index in [1.165, 1.54) is 17.5 Å². The number of nitrogens with two attached hydrogens (primary N) is 1. The third-order valence-electron chi connectivity index (χ3n) is 3.89. The van der Waals surface area contributed by atoms with Gasteiger partial charge in [-0.05, 0) is 42.5 Å². The lowest BCUT2D eigenvalue weighted by molar-refractivity contribution is 0.452.